The average Bonchev–Trinajstić information content (AvgIpc) is 2.59. The molecule has 2 aromatic carbocycles. The third-order valence-electron chi connectivity index (χ3n) is 3.73. The van der Waals surface area contributed by atoms with Crippen molar-refractivity contribution >= 4 is 23.7 Å². The van der Waals surface area contributed by atoms with Crippen LogP contribution in [0.1, 0.15) is 38.8 Å². The molecule has 0 radical (unpaired) electrons. The van der Waals surface area contributed by atoms with Crippen LogP contribution in [0.2, 0.25) is 0 Å². The number of ketones is 2. The van der Waals surface area contributed by atoms with Gasteiger partial charge in [0, 0.05) is 11.1 Å². The number of phenols is 2. The fourth-order valence-electron chi connectivity index (χ4n) is 1.89. The Morgan fingerprint density at radius 2 is 0.962 bits per heavy atom. The Kier molecular flexibility index (Phi) is 8.03. The minimum Gasteiger partial charge on any atom is -0.507 e. The van der Waals surface area contributed by atoms with E-state index >= 15 is 0 Å². The van der Waals surface area contributed by atoms with Crippen molar-refractivity contribution in [3.8, 4) is 11.5 Å². The number of phenolic OH excluding ortho intramolecular Hbond substituents is 2. The quantitative estimate of drug-likeness (QED) is 0.777. The van der Waals surface area contributed by atoms with Crippen LogP contribution in [-0.2, 0) is 9.59 Å². The lowest BCUT2D eigenvalue weighted by Crippen LogP contribution is -1.90. The highest BCUT2D eigenvalue weighted by molar-refractivity contribution is 5.97. The van der Waals surface area contributed by atoms with Gasteiger partial charge < -0.3 is 10.2 Å². The first kappa shape index (κ1) is 20.9. The van der Waals surface area contributed by atoms with Crippen LogP contribution in [-0.4, -0.2) is 21.8 Å². The summed E-state index contributed by atoms with van der Waals surface area (Å²) in [5.74, 6) is 0.428. The maximum absolute atomic E-state index is 10.9. The summed E-state index contributed by atoms with van der Waals surface area (Å²) in [6.07, 6.45) is 3.36. The summed E-state index contributed by atoms with van der Waals surface area (Å²) in [7, 11) is 0. The van der Waals surface area contributed by atoms with Crippen LogP contribution in [0.3, 0.4) is 0 Å². The van der Waals surface area contributed by atoms with E-state index in [1.54, 1.807) is 62.4 Å². The fourth-order valence-corrected chi connectivity index (χ4v) is 1.89. The summed E-state index contributed by atoms with van der Waals surface area (Å²) in [6.45, 7) is 6.47. The van der Waals surface area contributed by atoms with E-state index in [1.807, 2.05) is 12.1 Å². The van der Waals surface area contributed by atoms with E-state index in [2.05, 4.69) is 0 Å². The summed E-state index contributed by atoms with van der Waals surface area (Å²) in [6, 6.07) is 13.9. The third-order valence-corrected chi connectivity index (χ3v) is 3.73. The molecule has 2 rings (SSSR count). The second-order valence-corrected chi connectivity index (χ2v) is 5.88. The molecule has 0 aliphatic rings. The molecule has 0 heterocycles. The van der Waals surface area contributed by atoms with Gasteiger partial charge in [0.05, 0.1) is 0 Å². The van der Waals surface area contributed by atoms with Gasteiger partial charge in [-0.15, -0.1) is 0 Å². The van der Waals surface area contributed by atoms with Crippen molar-refractivity contribution in [3.63, 3.8) is 0 Å². The maximum Gasteiger partial charge on any atom is 0.155 e. The highest BCUT2D eigenvalue weighted by Crippen LogP contribution is 2.19. The number of benzene rings is 2. The van der Waals surface area contributed by atoms with E-state index < -0.39 is 0 Å². The van der Waals surface area contributed by atoms with Crippen molar-refractivity contribution in [2.75, 3.05) is 0 Å². The molecule has 4 heteroatoms. The van der Waals surface area contributed by atoms with Crippen LogP contribution in [0, 0.1) is 0 Å². The molecule has 0 amide bonds. The van der Waals surface area contributed by atoms with Crippen molar-refractivity contribution in [1.29, 1.82) is 0 Å². The van der Waals surface area contributed by atoms with E-state index in [0.29, 0.717) is 22.3 Å². The molecule has 0 fully saturated rings. The molecular formula is C22H24O4. The number of carbonyl (C=O) groups excluding carboxylic acids is 2. The van der Waals surface area contributed by atoms with Crippen molar-refractivity contribution in [2.24, 2.45) is 0 Å². The summed E-state index contributed by atoms with van der Waals surface area (Å²) < 4.78 is 0. The number of allylic oxidation sites excluding steroid dienone is 2. The second kappa shape index (κ2) is 9.99. The molecule has 2 N–H and O–H groups in total. The van der Waals surface area contributed by atoms with Gasteiger partial charge in [-0.25, -0.2) is 0 Å². The molecule has 0 unspecified atom stereocenters. The van der Waals surface area contributed by atoms with Gasteiger partial charge in [-0.1, -0.05) is 36.4 Å². The molecule has 0 saturated carbocycles. The third kappa shape index (κ3) is 6.77. The Labute approximate surface area is 154 Å². The summed E-state index contributed by atoms with van der Waals surface area (Å²) >= 11 is 0. The predicted molar refractivity (Wildman–Crippen MR) is 105 cm³/mol. The number of carbonyl (C=O) groups is 2. The Hall–Kier alpha value is -3.14. The molecule has 0 bridgehead atoms. The van der Waals surface area contributed by atoms with E-state index in [9.17, 15) is 19.8 Å². The monoisotopic (exact) mass is 352 g/mol. The Morgan fingerprint density at radius 1 is 0.654 bits per heavy atom. The van der Waals surface area contributed by atoms with Gasteiger partial charge in [0.15, 0.2) is 11.6 Å². The molecule has 0 saturated heterocycles. The van der Waals surface area contributed by atoms with Gasteiger partial charge in [0.2, 0.25) is 0 Å². The smallest absolute Gasteiger partial charge is 0.155 e. The first-order chi connectivity index (χ1) is 12.2. The highest BCUT2D eigenvalue weighted by atomic mass is 16.3. The zero-order chi connectivity index (χ0) is 19.7. The summed E-state index contributed by atoms with van der Waals surface area (Å²) in [5.41, 5.74) is 2.63. The minimum absolute atomic E-state index is 0.0169. The molecule has 136 valence electrons. The SMILES string of the molecule is CC(=O)/C(C)=C/c1ccccc1O.CC(=O)/C(C)=C/c1ccccc1O. The van der Waals surface area contributed by atoms with Gasteiger partial charge in [0.1, 0.15) is 11.5 Å². The molecule has 0 aromatic heterocycles. The van der Waals surface area contributed by atoms with Crippen LogP contribution in [0.4, 0.5) is 0 Å². The standard InChI is InChI=1S/2C11H12O2/c2*1-8(9(2)12)7-10-5-3-4-6-11(10)13/h2*3-7,13H,1-2H3/b2*8-7+. The van der Waals surface area contributed by atoms with E-state index in [4.69, 9.17) is 0 Å². The molecule has 4 nitrogen and oxygen atoms in total. The first-order valence-corrected chi connectivity index (χ1v) is 8.16. The molecule has 2 aromatic rings. The van der Waals surface area contributed by atoms with Crippen LogP contribution < -0.4 is 0 Å². The average molecular weight is 352 g/mol. The minimum atomic E-state index is 0.0169. The molecular weight excluding hydrogens is 328 g/mol. The summed E-state index contributed by atoms with van der Waals surface area (Å²) in [5, 5.41) is 18.8. The lowest BCUT2D eigenvalue weighted by Gasteiger charge is -1.99. The van der Waals surface area contributed by atoms with E-state index in [0.717, 1.165) is 0 Å². The van der Waals surface area contributed by atoms with E-state index in [-0.39, 0.29) is 23.1 Å². The van der Waals surface area contributed by atoms with Gasteiger partial charge in [0.25, 0.3) is 0 Å². The zero-order valence-corrected chi connectivity index (χ0v) is 15.5. The van der Waals surface area contributed by atoms with Crippen LogP contribution in [0.25, 0.3) is 12.2 Å². The van der Waals surface area contributed by atoms with E-state index in [1.165, 1.54) is 13.8 Å². The largest absolute Gasteiger partial charge is 0.507 e. The number of hydrogen-bond donors (Lipinski definition) is 2. The first-order valence-electron chi connectivity index (χ1n) is 8.16. The molecule has 0 aliphatic carbocycles. The Balaban J connectivity index is 0.000000260. The number of para-hydroxylation sites is 2. The number of Topliss-reactive ketones (excluding diaryl/α,β-unsaturated/α-hetero) is 2. The van der Waals surface area contributed by atoms with Crippen molar-refractivity contribution in [2.45, 2.75) is 27.7 Å². The van der Waals surface area contributed by atoms with Gasteiger partial charge >= 0.3 is 0 Å². The van der Waals surface area contributed by atoms with Crippen molar-refractivity contribution < 1.29 is 19.8 Å². The molecule has 0 atom stereocenters. The van der Waals surface area contributed by atoms with Gasteiger partial charge in [-0.05, 0) is 63.1 Å². The highest BCUT2D eigenvalue weighted by Gasteiger charge is 2.00. The zero-order valence-electron chi connectivity index (χ0n) is 15.5. The molecule has 26 heavy (non-hydrogen) atoms. The topological polar surface area (TPSA) is 74.6 Å². The lowest BCUT2D eigenvalue weighted by atomic mass is 10.1. The van der Waals surface area contributed by atoms with Crippen LogP contribution in [0.15, 0.2) is 59.7 Å². The Bertz CT molecular complexity index is 773. The van der Waals surface area contributed by atoms with Crippen molar-refractivity contribution in [3.05, 3.63) is 70.8 Å². The second-order valence-electron chi connectivity index (χ2n) is 5.88. The van der Waals surface area contributed by atoms with Crippen LogP contribution >= 0.6 is 0 Å². The van der Waals surface area contributed by atoms with Gasteiger partial charge in [-0.3, -0.25) is 9.59 Å². The molecule has 0 aliphatic heterocycles. The number of aromatic hydroxyl groups is 2. The van der Waals surface area contributed by atoms with Crippen LogP contribution in [0.5, 0.6) is 11.5 Å². The fraction of sp³-hybridized carbons (Fsp3) is 0.182. The lowest BCUT2D eigenvalue weighted by molar-refractivity contribution is -0.114. The Morgan fingerprint density at radius 3 is 1.23 bits per heavy atom. The van der Waals surface area contributed by atoms with Gasteiger partial charge in [-0.2, -0.15) is 0 Å². The number of hydrogen-bond acceptors (Lipinski definition) is 4. The van der Waals surface area contributed by atoms with Crippen molar-refractivity contribution in [1.82, 2.24) is 0 Å². The predicted octanol–water partition coefficient (Wildman–Crippen LogP) is 4.77. The molecule has 0 spiro atoms. The maximum atomic E-state index is 10.9. The normalized spacial score (nSPS) is 11.4. The summed E-state index contributed by atoms with van der Waals surface area (Å²) in [4.78, 5) is 21.8. The number of rotatable bonds is 4.